The van der Waals surface area contributed by atoms with Crippen molar-refractivity contribution in [3.05, 3.63) is 47.2 Å². The third-order valence-electron chi connectivity index (χ3n) is 2.90. The quantitative estimate of drug-likeness (QED) is 0.856. The summed E-state index contributed by atoms with van der Waals surface area (Å²) in [6.07, 6.45) is 1.22. The van der Waals surface area contributed by atoms with Gasteiger partial charge in [0.2, 0.25) is 5.91 Å². The van der Waals surface area contributed by atoms with Gasteiger partial charge in [-0.25, -0.2) is 0 Å². The fraction of sp³-hybridized carbons (Fsp3) is 0.214. The van der Waals surface area contributed by atoms with Crippen molar-refractivity contribution in [3.63, 3.8) is 0 Å². The molecular formula is C14H13ClN2O4. The molecule has 0 fully saturated rings. The summed E-state index contributed by atoms with van der Waals surface area (Å²) >= 11 is 5.81. The molecule has 7 heteroatoms. The van der Waals surface area contributed by atoms with Crippen molar-refractivity contribution in [2.45, 2.75) is 18.8 Å². The van der Waals surface area contributed by atoms with Gasteiger partial charge in [-0.15, -0.1) is 0 Å². The number of carboxylic acid groups (broad SMARTS) is 1. The zero-order chi connectivity index (χ0) is 15.2. The highest BCUT2D eigenvalue weighted by atomic mass is 35.5. The maximum absolute atomic E-state index is 11.9. The van der Waals surface area contributed by atoms with E-state index in [1.165, 1.54) is 12.3 Å². The van der Waals surface area contributed by atoms with Crippen molar-refractivity contribution < 1.29 is 19.2 Å². The molecule has 0 spiro atoms. The van der Waals surface area contributed by atoms with Crippen LogP contribution < -0.4 is 5.32 Å². The van der Waals surface area contributed by atoms with Crippen LogP contribution in [0.25, 0.3) is 0 Å². The van der Waals surface area contributed by atoms with Crippen molar-refractivity contribution >= 4 is 29.3 Å². The van der Waals surface area contributed by atoms with Crippen LogP contribution in [0.3, 0.4) is 0 Å². The van der Waals surface area contributed by atoms with Gasteiger partial charge >= 0.3 is 5.97 Å². The van der Waals surface area contributed by atoms with Crippen LogP contribution in [0.1, 0.15) is 24.3 Å². The third-order valence-corrected chi connectivity index (χ3v) is 3.15. The molecule has 110 valence electrons. The molecule has 2 N–H and O–H groups in total. The summed E-state index contributed by atoms with van der Waals surface area (Å²) < 4.78 is 4.61. The van der Waals surface area contributed by atoms with Gasteiger partial charge in [0, 0.05) is 23.4 Å². The number of carbonyl (C=O) groups excluding carboxylic acids is 1. The highest BCUT2D eigenvalue weighted by Crippen LogP contribution is 2.25. The Bertz CT molecular complexity index is 610. The van der Waals surface area contributed by atoms with Crippen molar-refractivity contribution in [1.82, 2.24) is 5.16 Å². The highest BCUT2D eigenvalue weighted by molar-refractivity contribution is 6.30. The van der Waals surface area contributed by atoms with Gasteiger partial charge in [0.05, 0.1) is 6.42 Å². The zero-order valence-corrected chi connectivity index (χ0v) is 11.7. The van der Waals surface area contributed by atoms with Crippen molar-refractivity contribution in [2.24, 2.45) is 0 Å². The van der Waals surface area contributed by atoms with Crippen LogP contribution in [-0.2, 0) is 9.59 Å². The number of aromatic nitrogens is 1. The molecule has 1 aromatic carbocycles. The Labute approximate surface area is 125 Å². The number of anilines is 1. The number of carbonyl (C=O) groups is 2. The molecule has 0 aliphatic heterocycles. The normalized spacial score (nSPS) is 11.9. The Morgan fingerprint density at radius 3 is 2.52 bits per heavy atom. The lowest BCUT2D eigenvalue weighted by molar-refractivity contribution is -0.137. The lowest BCUT2D eigenvalue weighted by Crippen LogP contribution is -2.17. The summed E-state index contributed by atoms with van der Waals surface area (Å²) in [6, 6.07) is 8.29. The zero-order valence-electron chi connectivity index (χ0n) is 11.0. The molecule has 1 atom stereocenters. The summed E-state index contributed by atoms with van der Waals surface area (Å²) in [6.45, 7) is 0. The first-order valence-electron chi connectivity index (χ1n) is 6.22. The second-order valence-electron chi connectivity index (χ2n) is 4.48. The van der Waals surface area contributed by atoms with Crippen LogP contribution in [0.2, 0.25) is 5.02 Å². The van der Waals surface area contributed by atoms with Crippen molar-refractivity contribution in [3.8, 4) is 0 Å². The number of amides is 1. The molecule has 0 unspecified atom stereocenters. The van der Waals surface area contributed by atoms with E-state index in [-0.39, 0.29) is 18.7 Å². The second-order valence-corrected chi connectivity index (χ2v) is 4.92. The van der Waals surface area contributed by atoms with Crippen LogP contribution in [0.4, 0.5) is 5.82 Å². The number of nitrogens with one attached hydrogen (secondary N) is 1. The Morgan fingerprint density at radius 1 is 1.24 bits per heavy atom. The number of rotatable bonds is 6. The van der Waals surface area contributed by atoms with Gasteiger partial charge in [0.15, 0.2) is 5.82 Å². The van der Waals surface area contributed by atoms with Gasteiger partial charge < -0.3 is 14.9 Å². The number of aliphatic carboxylic acids is 1. The van der Waals surface area contributed by atoms with E-state index >= 15 is 0 Å². The van der Waals surface area contributed by atoms with E-state index in [4.69, 9.17) is 16.7 Å². The molecule has 1 heterocycles. The maximum Gasteiger partial charge on any atom is 0.303 e. The molecular weight excluding hydrogens is 296 g/mol. The van der Waals surface area contributed by atoms with Crippen LogP contribution in [-0.4, -0.2) is 22.1 Å². The molecule has 0 aliphatic rings. The minimum atomic E-state index is -0.968. The van der Waals surface area contributed by atoms with E-state index in [2.05, 4.69) is 15.0 Å². The lowest BCUT2D eigenvalue weighted by atomic mass is 9.92. The molecule has 21 heavy (non-hydrogen) atoms. The van der Waals surface area contributed by atoms with Crippen LogP contribution in [0, 0.1) is 0 Å². The van der Waals surface area contributed by atoms with E-state index in [9.17, 15) is 9.59 Å². The van der Waals surface area contributed by atoms with Crippen molar-refractivity contribution in [1.29, 1.82) is 0 Å². The second kappa shape index (κ2) is 6.90. The van der Waals surface area contributed by atoms with Gasteiger partial charge in [-0.05, 0) is 17.7 Å². The van der Waals surface area contributed by atoms with Gasteiger partial charge in [-0.3, -0.25) is 9.59 Å². The largest absolute Gasteiger partial charge is 0.481 e. The SMILES string of the molecule is O=C(O)C[C@H](CC(=O)Nc1ccon1)c1ccc(Cl)cc1. The van der Waals surface area contributed by atoms with Crippen LogP contribution in [0.15, 0.2) is 41.1 Å². The number of carboxylic acids is 1. The van der Waals surface area contributed by atoms with Crippen molar-refractivity contribution in [2.75, 3.05) is 5.32 Å². The van der Waals surface area contributed by atoms with Gasteiger partial charge in [0.1, 0.15) is 6.26 Å². The summed E-state index contributed by atoms with van der Waals surface area (Å²) in [7, 11) is 0. The Morgan fingerprint density at radius 2 is 1.95 bits per heavy atom. The van der Waals surface area contributed by atoms with E-state index in [0.29, 0.717) is 10.8 Å². The number of benzene rings is 1. The molecule has 2 aromatic rings. The standard InChI is InChI=1S/C14H13ClN2O4/c15-11-3-1-9(2-4-11)10(8-14(19)20)7-13(18)16-12-5-6-21-17-12/h1-6,10H,7-8H2,(H,19,20)(H,16,17,18)/t10-/m0/s1. The number of halogens is 1. The third kappa shape index (κ3) is 4.61. The highest BCUT2D eigenvalue weighted by Gasteiger charge is 2.20. The average Bonchev–Trinajstić information content (AvgIpc) is 2.91. The number of hydrogen-bond donors (Lipinski definition) is 2. The van der Waals surface area contributed by atoms with Gasteiger partial charge in [0.25, 0.3) is 0 Å². The smallest absolute Gasteiger partial charge is 0.303 e. The fourth-order valence-corrected chi connectivity index (χ4v) is 2.07. The Kier molecular flexibility index (Phi) is 4.94. The van der Waals surface area contributed by atoms with E-state index in [1.807, 2.05) is 0 Å². The molecule has 0 saturated carbocycles. The summed E-state index contributed by atoms with van der Waals surface area (Å²) in [5.74, 6) is -1.44. The summed E-state index contributed by atoms with van der Waals surface area (Å²) in [5.41, 5.74) is 0.747. The van der Waals surface area contributed by atoms with E-state index in [1.54, 1.807) is 24.3 Å². The number of nitrogens with zero attached hydrogens (tertiary/aromatic N) is 1. The first-order valence-corrected chi connectivity index (χ1v) is 6.60. The maximum atomic E-state index is 11.9. The minimum absolute atomic E-state index is 0.0286. The predicted molar refractivity (Wildman–Crippen MR) is 76.2 cm³/mol. The molecule has 0 bridgehead atoms. The fourth-order valence-electron chi connectivity index (χ4n) is 1.95. The van der Waals surface area contributed by atoms with E-state index < -0.39 is 11.9 Å². The summed E-state index contributed by atoms with van der Waals surface area (Å²) in [5, 5.41) is 15.7. The molecule has 0 radical (unpaired) electrons. The molecule has 2 rings (SSSR count). The Balaban J connectivity index is 2.07. The minimum Gasteiger partial charge on any atom is -0.481 e. The number of hydrogen-bond acceptors (Lipinski definition) is 4. The van der Waals surface area contributed by atoms with E-state index in [0.717, 1.165) is 5.56 Å². The summed E-state index contributed by atoms with van der Waals surface area (Å²) in [4.78, 5) is 22.9. The molecule has 0 saturated heterocycles. The van der Waals surface area contributed by atoms with Crippen LogP contribution >= 0.6 is 11.6 Å². The molecule has 6 nitrogen and oxygen atoms in total. The van der Waals surface area contributed by atoms with Crippen LogP contribution in [0.5, 0.6) is 0 Å². The lowest BCUT2D eigenvalue weighted by Gasteiger charge is -2.14. The first kappa shape index (κ1) is 15.1. The predicted octanol–water partition coefficient (Wildman–Crippen LogP) is 2.92. The molecule has 0 aliphatic carbocycles. The molecule has 1 aromatic heterocycles. The topological polar surface area (TPSA) is 92.4 Å². The molecule has 1 amide bonds. The van der Waals surface area contributed by atoms with Gasteiger partial charge in [-0.2, -0.15) is 0 Å². The monoisotopic (exact) mass is 308 g/mol. The average molecular weight is 309 g/mol. The van der Waals surface area contributed by atoms with Gasteiger partial charge in [-0.1, -0.05) is 28.9 Å². The first-order chi connectivity index (χ1) is 10.0. The Hall–Kier alpha value is -2.34.